The van der Waals surface area contributed by atoms with E-state index in [1.807, 2.05) is 20.8 Å². The van der Waals surface area contributed by atoms with E-state index in [0.717, 1.165) is 0 Å². The lowest BCUT2D eigenvalue weighted by molar-refractivity contribution is -0.156. The fraction of sp³-hybridized carbons (Fsp3) is 0.909. The molecule has 0 aromatic heterocycles. The fourth-order valence-corrected chi connectivity index (χ4v) is 3.05. The van der Waals surface area contributed by atoms with Crippen LogP contribution in [0.25, 0.3) is 0 Å². The number of hydrogen-bond donors (Lipinski definition) is 0. The van der Waals surface area contributed by atoms with Gasteiger partial charge in [-0.05, 0) is 39.5 Å². The standard InChI is InChI=1S/C11H20O4S/c1-11(2,3)15-10(12)7-8-5-9(6-8)16(4,13)14/h8-9H,5-7H2,1-4H3. The summed E-state index contributed by atoms with van der Waals surface area (Å²) in [6.45, 7) is 5.47. The van der Waals surface area contributed by atoms with Crippen LogP contribution in [0.3, 0.4) is 0 Å². The summed E-state index contributed by atoms with van der Waals surface area (Å²) < 4.78 is 27.5. The van der Waals surface area contributed by atoms with Crippen LogP contribution in [0.2, 0.25) is 0 Å². The molecular formula is C11H20O4S. The number of ether oxygens (including phenoxy) is 1. The van der Waals surface area contributed by atoms with Gasteiger partial charge in [0, 0.05) is 12.7 Å². The van der Waals surface area contributed by atoms with E-state index in [4.69, 9.17) is 4.74 Å². The van der Waals surface area contributed by atoms with Crippen molar-refractivity contribution in [3.8, 4) is 0 Å². The molecule has 0 bridgehead atoms. The smallest absolute Gasteiger partial charge is 0.306 e. The van der Waals surface area contributed by atoms with Crippen LogP contribution in [-0.4, -0.2) is 31.5 Å². The minimum absolute atomic E-state index is 0.176. The van der Waals surface area contributed by atoms with Crippen molar-refractivity contribution in [3.63, 3.8) is 0 Å². The van der Waals surface area contributed by atoms with E-state index in [0.29, 0.717) is 19.3 Å². The molecule has 4 nitrogen and oxygen atoms in total. The highest BCUT2D eigenvalue weighted by molar-refractivity contribution is 7.91. The lowest BCUT2D eigenvalue weighted by atomic mass is 9.82. The normalized spacial score (nSPS) is 26.0. The lowest BCUT2D eigenvalue weighted by Crippen LogP contribution is -2.37. The van der Waals surface area contributed by atoms with Gasteiger partial charge in [0.2, 0.25) is 0 Å². The minimum Gasteiger partial charge on any atom is -0.460 e. The quantitative estimate of drug-likeness (QED) is 0.711. The first-order valence-corrected chi connectivity index (χ1v) is 7.44. The molecule has 0 atom stereocenters. The highest BCUT2D eigenvalue weighted by Gasteiger charge is 2.37. The van der Waals surface area contributed by atoms with Gasteiger partial charge in [-0.25, -0.2) is 8.42 Å². The van der Waals surface area contributed by atoms with Gasteiger partial charge in [-0.2, -0.15) is 0 Å². The van der Waals surface area contributed by atoms with Crippen molar-refractivity contribution in [1.29, 1.82) is 0 Å². The maximum atomic E-state index is 11.4. The number of sulfone groups is 1. The maximum absolute atomic E-state index is 11.4. The molecule has 0 aromatic carbocycles. The molecule has 0 amide bonds. The molecule has 0 unspecified atom stereocenters. The van der Waals surface area contributed by atoms with Gasteiger partial charge in [-0.15, -0.1) is 0 Å². The molecule has 16 heavy (non-hydrogen) atoms. The summed E-state index contributed by atoms with van der Waals surface area (Å²) in [5, 5.41) is -0.250. The van der Waals surface area contributed by atoms with Gasteiger partial charge in [-0.1, -0.05) is 0 Å². The van der Waals surface area contributed by atoms with Gasteiger partial charge in [0.25, 0.3) is 0 Å². The van der Waals surface area contributed by atoms with Crippen LogP contribution >= 0.6 is 0 Å². The zero-order valence-electron chi connectivity index (χ0n) is 10.3. The summed E-state index contributed by atoms with van der Waals surface area (Å²) in [5.41, 5.74) is -0.461. The second-order valence-corrected chi connectivity index (χ2v) is 7.91. The van der Waals surface area contributed by atoms with Gasteiger partial charge in [-0.3, -0.25) is 4.79 Å². The Bertz CT molecular complexity index is 358. The molecule has 0 aliphatic heterocycles. The number of carbonyl (C=O) groups excluding carboxylic acids is 1. The summed E-state index contributed by atoms with van der Waals surface area (Å²) >= 11 is 0. The highest BCUT2D eigenvalue weighted by atomic mass is 32.2. The van der Waals surface area contributed by atoms with Gasteiger partial charge in [0.1, 0.15) is 15.4 Å². The number of rotatable bonds is 3. The first-order chi connectivity index (χ1) is 7.08. The van der Waals surface area contributed by atoms with E-state index in [1.165, 1.54) is 6.26 Å². The van der Waals surface area contributed by atoms with Crippen LogP contribution in [0.4, 0.5) is 0 Å². The Morgan fingerprint density at radius 2 is 1.81 bits per heavy atom. The Kier molecular flexibility index (Phi) is 3.67. The number of esters is 1. The van der Waals surface area contributed by atoms with Gasteiger partial charge >= 0.3 is 5.97 Å². The van der Waals surface area contributed by atoms with Crippen LogP contribution in [0.1, 0.15) is 40.0 Å². The predicted octanol–water partition coefficient (Wildman–Crippen LogP) is 1.54. The Balaban J connectivity index is 2.31. The second kappa shape index (κ2) is 4.35. The first-order valence-electron chi connectivity index (χ1n) is 5.48. The maximum Gasteiger partial charge on any atom is 0.306 e. The Labute approximate surface area is 97.3 Å². The summed E-state index contributed by atoms with van der Waals surface area (Å²) in [4.78, 5) is 11.4. The van der Waals surface area contributed by atoms with Crippen LogP contribution < -0.4 is 0 Å². The molecule has 0 heterocycles. The van der Waals surface area contributed by atoms with Crippen molar-refractivity contribution < 1.29 is 17.9 Å². The van der Waals surface area contributed by atoms with E-state index < -0.39 is 15.4 Å². The van der Waals surface area contributed by atoms with Crippen molar-refractivity contribution in [2.45, 2.75) is 50.9 Å². The molecule has 1 saturated carbocycles. The highest BCUT2D eigenvalue weighted by Crippen LogP contribution is 2.35. The van der Waals surface area contributed by atoms with Crippen LogP contribution in [-0.2, 0) is 19.4 Å². The third kappa shape index (κ3) is 4.12. The lowest BCUT2D eigenvalue weighted by Gasteiger charge is -2.33. The SMILES string of the molecule is CC(C)(C)OC(=O)CC1CC(S(C)(=O)=O)C1. The zero-order chi connectivity index (χ0) is 12.6. The zero-order valence-corrected chi connectivity index (χ0v) is 11.1. The largest absolute Gasteiger partial charge is 0.460 e. The molecule has 94 valence electrons. The summed E-state index contributed by atoms with van der Waals surface area (Å²) in [6.07, 6.45) is 2.78. The van der Waals surface area contributed by atoms with Gasteiger partial charge < -0.3 is 4.74 Å². The van der Waals surface area contributed by atoms with Crippen molar-refractivity contribution in [3.05, 3.63) is 0 Å². The molecule has 0 spiro atoms. The second-order valence-electron chi connectivity index (χ2n) is 5.58. The molecular weight excluding hydrogens is 228 g/mol. The van der Waals surface area contributed by atoms with Crippen molar-refractivity contribution in [1.82, 2.24) is 0 Å². The average Bonchev–Trinajstić information content (AvgIpc) is 1.89. The monoisotopic (exact) mass is 248 g/mol. The molecule has 1 aliphatic carbocycles. The van der Waals surface area contributed by atoms with Gasteiger partial charge in [0.15, 0.2) is 0 Å². The molecule has 0 aromatic rings. The summed E-state index contributed by atoms with van der Waals surface area (Å²) in [6, 6.07) is 0. The summed E-state index contributed by atoms with van der Waals surface area (Å²) in [5.74, 6) is -0.0565. The molecule has 1 aliphatic rings. The minimum atomic E-state index is -2.92. The topological polar surface area (TPSA) is 60.4 Å². The molecule has 0 N–H and O–H groups in total. The van der Waals surface area contributed by atoms with Gasteiger partial charge in [0.05, 0.1) is 5.25 Å². The Morgan fingerprint density at radius 3 is 2.19 bits per heavy atom. The Morgan fingerprint density at radius 1 is 1.31 bits per heavy atom. The van der Waals surface area contributed by atoms with Crippen LogP contribution in [0.15, 0.2) is 0 Å². The molecule has 0 radical (unpaired) electrons. The van der Waals surface area contributed by atoms with E-state index >= 15 is 0 Å². The molecule has 0 saturated heterocycles. The number of hydrogen-bond acceptors (Lipinski definition) is 4. The number of carbonyl (C=O) groups is 1. The third-order valence-electron chi connectivity index (χ3n) is 2.67. The molecule has 5 heteroatoms. The van der Waals surface area contributed by atoms with Crippen LogP contribution in [0, 0.1) is 5.92 Å². The van der Waals surface area contributed by atoms with Crippen molar-refractivity contribution in [2.75, 3.05) is 6.26 Å². The van der Waals surface area contributed by atoms with E-state index in [1.54, 1.807) is 0 Å². The van der Waals surface area contributed by atoms with E-state index in [9.17, 15) is 13.2 Å². The summed E-state index contributed by atoms with van der Waals surface area (Å²) in [7, 11) is -2.92. The van der Waals surface area contributed by atoms with Crippen molar-refractivity contribution in [2.24, 2.45) is 5.92 Å². The first kappa shape index (κ1) is 13.5. The Hall–Kier alpha value is -0.580. The van der Waals surface area contributed by atoms with E-state index in [2.05, 4.69) is 0 Å². The average molecular weight is 248 g/mol. The van der Waals surface area contributed by atoms with E-state index in [-0.39, 0.29) is 17.1 Å². The van der Waals surface area contributed by atoms with Crippen LogP contribution in [0.5, 0.6) is 0 Å². The third-order valence-corrected chi connectivity index (χ3v) is 4.27. The predicted molar refractivity (Wildman–Crippen MR) is 61.8 cm³/mol. The fourth-order valence-electron chi connectivity index (χ4n) is 1.81. The molecule has 1 fully saturated rings. The van der Waals surface area contributed by atoms with Crippen molar-refractivity contribution >= 4 is 15.8 Å². The molecule has 1 rings (SSSR count).